The first-order valence-electron chi connectivity index (χ1n) is 8.07. The van der Waals surface area contributed by atoms with Crippen molar-refractivity contribution in [3.8, 4) is 0 Å². The normalized spacial score (nSPS) is 14.2. The number of thiazole rings is 1. The lowest BCUT2D eigenvalue weighted by molar-refractivity contribution is -0.142. The summed E-state index contributed by atoms with van der Waals surface area (Å²) in [7, 11) is 0. The minimum absolute atomic E-state index is 0. The van der Waals surface area contributed by atoms with Crippen molar-refractivity contribution in [1.29, 1.82) is 0 Å². The zero-order valence-corrected chi connectivity index (χ0v) is 16.4. The minimum atomic E-state index is -0.289. The molecule has 0 spiro atoms. The van der Waals surface area contributed by atoms with Gasteiger partial charge in [-0.3, -0.25) is 9.59 Å². The highest BCUT2D eigenvalue weighted by molar-refractivity contribution is 7.13. The van der Waals surface area contributed by atoms with Crippen LogP contribution in [0.2, 0.25) is 0 Å². The van der Waals surface area contributed by atoms with Crippen LogP contribution in [0.3, 0.4) is 0 Å². The van der Waals surface area contributed by atoms with Crippen LogP contribution >= 0.6 is 36.2 Å². The summed E-state index contributed by atoms with van der Waals surface area (Å²) in [6, 6.07) is 0. The molecular weight excluding hydrogens is 371 g/mol. The second-order valence-electron chi connectivity index (χ2n) is 5.72. The molecule has 1 heterocycles. The Morgan fingerprint density at radius 1 is 1.29 bits per heavy atom. The van der Waals surface area contributed by atoms with Crippen molar-refractivity contribution < 1.29 is 14.3 Å². The van der Waals surface area contributed by atoms with Crippen molar-refractivity contribution >= 4 is 53.2 Å². The zero-order valence-electron chi connectivity index (χ0n) is 13.9. The molecule has 138 valence electrons. The summed E-state index contributed by atoms with van der Waals surface area (Å²) in [6.07, 6.45) is 8.13. The molecule has 2 rings (SSSR count). The van der Waals surface area contributed by atoms with Gasteiger partial charge in [-0.2, -0.15) is 0 Å². The molecule has 0 aromatic carbocycles. The van der Waals surface area contributed by atoms with Crippen molar-refractivity contribution in [3.63, 3.8) is 0 Å². The summed E-state index contributed by atoms with van der Waals surface area (Å²) < 4.78 is 4.88. The van der Waals surface area contributed by atoms with E-state index in [0.717, 1.165) is 6.42 Å². The van der Waals surface area contributed by atoms with Crippen LogP contribution in [0, 0.1) is 5.92 Å². The third-order valence-electron chi connectivity index (χ3n) is 3.93. The van der Waals surface area contributed by atoms with Gasteiger partial charge in [0.25, 0.3) is 0 Å². The molecule has 0 aliphatic heterocycles. The summed E-state index contributed by atoms with van der Waals surface area (Å²) in [4.78, 5) is 27.6. The summed E-state index contributed by atoms with van der Waals surface area (Å²) >= 11 is 1.35. The molecule has 5 nitrogen and oxygen atoms in total. The van der Waals surface area contributed by atoms with Crippen LogP contribution in [0.15, 0.2) is 5.38 Å². The predicted octanol–water partition coefficient (Wildman–Crippen LogP) is 4.39. The van der Waals surface area contributed by atoms with E-state index < -0.39 is 0 Å². The lowest BCUT2D eigenvalue weighted by Gasteiger charge is -2.20. The maximum atomic E-state index is 12.0. The van der Waals surface area contributed by atoms with Crippen molar-refractivity contribution in [2.24, 2.45) is 5.92 Å². The fourth-order valence-electron chi connectivity index (χ4n) is 2.80. The number of carbonyl (C=O) groups excluding carboxylic acids is 2. The quantitative estimate of drug-likeness (QED) is 0.693. The molecule has 1 aromatic heterocycles. The minimum Gasteiger partial charge on any atom is -0.466 e. The molecule has 0 radical (unpaired) electrons. The van der Waals surface area contributed by atoms with Gasteiger partial charge in [-0.1, -0.05) is 32.1 Å². The molecule has 1 aromatic rings. The van der Waals surface area contributed by atoms with E-state index in [1.807, 2.05) is 0 Å². The fourth-order valence-corrected chi connectivity index (χ4v) is 3.52. The monoisotopic (exact) mass is 396 g/mol. The maximum Gasteiger partial charge on any atom is 0.311 e. The number of hydrogen-bond acceptors (Lipinski definition) is 5. The Morgan fingerprint density at radius 2 is 2.00 bits per heavy atom. The number of esters is 1. The van der Waals surface area contributed by atoms with Gasteiger partial charge in [0.05, 0.1) is 18.7 Å². The van der Waals surface area contributed by atoms with Crippen LogP contribution in [-0.4, -0.2) is 23.5 Å². The number of amides is 1. The SMILES string of the molecule is CCOC(=O)Cc1csc(NC(=O)CCC2CCCCC2)n1.Cl.Cl. The van der Waals surface area contributed by atoms with Crippen molar-refractivity contribution in [2.75, 3.05) is 11.9 Å². The van der Waals surface area contributed by atoms with Gasteiger partial charge in [0.15, 0.2) is 5.13 Å². The topological polar surface area (TPSA) is 68.3 Å². The van der Waals surface area contributed by atoms with E-state index >= 15 is 0 Å². The third-order valence-corrected chi connectivity index (χ3v) is 4.74. The average Bonchev–Trinajstić information content (AvgIpc) is 2.93. The summed E-state index contributed by atoms with van der Waals surface area (Å²) in [5, 5.41) is 5.17. The van der Waals surface area contributed by atoms with Gasteiger partial charge >= 0.3 is 5.97 Å². The van der Waals surface area contributed by atoms with E-state index in [9.17, 15) is 9.59 Å². The third kappa shape index (κ3) is 8.31. The van der Waals surface area contributed by atoms with Crippen LogP contribution in [0.1, 0.15) is 57.6 Å². The molecule has 0 bridgehead atoms. The second-order valence-corrected chi connectivity index (χ2v) is 6.57. The smallest absolute Gasteiger partial charge is 0.311 e. The Hall–Kier alpha value is -0.850. The van der Waals surface area contributed by atoms with E-state index in [1.165, 1.54) is 43.4 Å². The van der Waals surface area contributed by atoms with E-state index in [2.05, 4.69) is 10.3 Å². The van der Waals surface area contributed by atoms with Gasteiger partial charge in [0, 0.05) is 11.8 Å². The first-order chi connectivity index (χ1) is 10.7. The number of ether oxygens (including phenoxy) is 1. The Kier molecular flexibility index (Phi) is 12.1. The number of carbonyl (C=O) groups is 2. The number of aromatic nitrogens is 1. The Balaban J connectivity index is 0.00000264. The van der Waals surface area contributed by atoms with Crippen molar-refractivity contribution in [1.82, 2.24) is 4.98 Å². The molecule has 1 N–H and O–H groups in total. The van der Waals surface area contributed by atoms with Crippen molar-refractivity contribution in [2.45, 2.75) is 58.3 Å². The Labute approximate surface area is 159 Å². The molecule has 8 heteroatoms. The first kappa shape index (κ1) is 23.1. The molecule has 1 aliphatic rings. The molecule has 1 fully saturated rings. The Morgan fingerprint density at radius 3 is 2.67 bits per heavy atom. The zero-order chi connectivity index (χ0) is 15.8. The number of nitrogens with zero attached hydrogens (tertiary/aromatic N) is 1. The number of halogens is 2. The first-order valence-corrected chi connectivity index (χ1v) is 8.95. The summed E-state index contributed by atoms with van der Waals surface area (Å²) in [5.41, 5.74) is 0.644. The molecule has 0 saturated heterocycles. The molecule has 0 unspecified atom stereocenters. The Bertz CT molecular complexity index is 505. The van der Waals surface area contributed by atoms with Crippen LogP contribution in [-0.2, 0) is 20.7 Å². The summed E-state index contributed by atoms with van der Waals surface area (Å²) in [6.45, 7) is 2.14. The maximum absolute atomic E-state index is 12.0. The van der Waals surface area contributed by atoms with Crippen molar-refractivity contribution in [3.05, 3.63) is 11.1 Å². The van der Waals surface area contributed by atoms with Crippen LogP contribution < -0.4 is 5.32 Å². The highest BCUT2D eigenvalue weighted by atomic mass is 35.5. The van der Waals surface area contributed by atoms with E-state index in [0.29, 0.717) is 29.8 Å². The van der Waals surface area contributed by atoms with Gasteiger partial charge in [-0.25, -0.2) is 4.98 Å². The molecular formula is C16H26Cl2N2O3S. The highest BCUT2D eigenvalue weighted by Gasteiger charge is 2.15. The van der Waals surface area contributed by atoms with Crippen LogP contribution in [0.25, 0.3) is 0 Å². The number of nitrogens with one attached hydrogen (secondary N) is 1. The lowest BCUT2D eigenvalue weighted by atomic mass is 9.86. The highest BCUT2D eigenvalue weighted by Crippen LogP contribution is 2.27. The van der Waals surface area contributed by atoms with E-state index in [1.54, 1.807) is 12.3 Å². The second kappa shape index (κ2) is 12.5. The fraction of sp³-hybridized carbons (Fsp3) is 0.688. The van der Waals surface area contributed by atoms with E-state index in [4.69, 9.17) is 4.74 Å². The lowest BCUT2D eigenvalue weighted by Crippen LogP contribution is -2.15. The number of hydrogen-bond donors (Lipinski definition) is 1. The van der Waals surface area contributed by atoms with Gasteiger partial charge in [0.2, 0.25) is 5.91 Å². The molecule has 1 amide bonds. The standard InChI is InChI=1S/C16H24N2O3S.2ClH/c1-2-21-15(20)10-13-11-22-16(17-13)18-14(19)9-8-12-6-4-3-5-7-12;;/h11-12H,2-10H2,1H3,(H,17,18,19);2*1H. The molecule has 24 heavy (non-hydrogen) atoms. The average molecular weight is 397 g/mol. The number of rotatable bonds is 7. The van der Waals surface area contributed by atoms with Gasteiger partial charge in [-0.05, 0) is 19.3 Å². The van der Waals surface area contributed by atoms with Gasteiger partial charge in [0.1, 0.15) is 0 Å². The van der Waals surface area contributed by atoms with Crippen LogP contribution in [0.4, 0.5) is 5.13 Å². The van der Waals surface area contributed by atoms with Gasteiger partial charge < -0.3 is 10.1 Å². The molecule has 1 saturated carbocycles. The largest absolute Gasteiger partial charge is 0.466 e. The predicted molar refractivity (Wildman–Crippen MR) is 101 cm³/mol. The number of anilines is 1. The van der Waals surface area contributed by atoms with Gasteiger partial charge in [-0.15, -0.1) is 36.2 Å². The molecule has 0 atom stereocenters. The summed E-state index contributed by atoms with van der Waals surface area (Å²) in [5.74, 6) is 0.431. The van der Waals surface area contributed by atoms with E-state index in [-0.39, 0.29) is 43.1 Å². The molecule has 1 aliphatic carbocycles. The van der Waals surface area contributed by atoms with Crippen LogP contribution in [0.5, 0.6) is 0 Å².